The van der Waals surface area contributed by atoms with Gasteiger partial charge in [-0.1, -0.05) is 12.1 Å². The Bertz CT molecular complexity index is 1370. The van der Waals surface area contributed by atoms with Gasteiger partial charge in [0.15, 0.2) is 15.5 Å². The lowest BCUT2D eigenvalue weighted by atomic mass is 10.2. The third kappa shape index (κ3) is 5.43. The van der Waals surface area contributed by atoms with E-state index in [1.54, 1.807) is 49.6 Å². The summed E-state index contributed by atoms with van der Waals surface area (Å²) in [5.74, 6) is 0.725. The maximum atomic E-state index is 13.5. The van der Waals surface area contributed by atoms with Crippen molar-refractivity contribution in [3.8, 4) is 21.0 Å². The van der Waals surface area contributed by atoms with Crippen molar-refractivity contribution in [3.05, 3.63) is 72.3 Å². The number of thiophene rings is 1. The summed E-state index contributed by atoms with van der Waals surface area (Å²) in [4.78, 5) is 1.52. The van der Waals surface area contributed by atoms with E-state index in [1.807, 2.05) is 6.07 Å². The lowest BCUT2D eigenvalue weighted by molar-refractivity contribution is -0.141. The van der Waals surface area contributed by atoms with E-state index < -0.39 is 21.7 Å². The fourth-order valence-corrected chi connectivity index (χ4v) is 5.15. The molecular formula is C23H22F3N3O3S2. The van der Waals surface area contributed by atoms with Gasteiger partial charge in [0.25, 0.3) is 0 Å². The SMILES string of the molecule is CC(CNCc1ccco1)n1nc(C(F)(F)F)cc1-c1ccc(-c2cccc(S(C)(=O)=O)c2)s1. The second kappa shape index (κ2) is 9.40. The van der Waals surface area contributed by atoms with E-state index in [0.29, 0.717) is 29.2 Å². The maximum absolute atomic E-state index is 13.5. The molecule has 1 N–H and O–H groups in total. The molecule has 0 saturated heterocycles. The van der Waals surface area contributed by atoms with E-state index in [9.17, 15) is 21.6 Å². The molecule has 3 heterocycles. The van der Waals surface area contributed by atoms with Crippen molar-refractivity contribution in [1.29, 1.82) is 0 Å². The number of hydrogen-bond donors (Lipinski definition) is 1. The summed E-state index contributed by atoms with van der Waals surface area (Å²) in [6.45, 7) is 2.61. The Morgan fingerprint density at radius 1 is 1.12 bits per heavy atom. The van der Waals surface area contributed by atoms with Crippen LogP contribution in [0.3, 0.4) is 0 Å². The minimum Gasteiger partial charge on any atom is -0.468 e. The fourth-order valence-electron chi connectivity index (χ4n) is 3.47. The van der Waals surface area contributed by atoms with Crippen molar-refractivity contribution in [2.24, 2.45) is 0 Å². The predicted molar refractivity (Wildman–Crippen MR) is 124 cm³/mol. The Labute approximate surface area is 199 Å². The Morgan fingerprint density at radius 2 is 1.88 bits per heavy atom. The average Bonchev–Trinajstić information content (AvgIpc) is 3.52. The van der Waals surface area contributed by atoms with Gasteiger partial charge in [0.2, 0.25) is 0 Å². The number of benzene rings is 1. The van der Waals surface area contributed by atoms with Crippen LogP contribution in [0, 0.1) is 0 Å². The predicted octanol–water partition coefficient (Wildman–Crippen LogP) is 5.64. The molecule has 1 aromatic carbocycles. The van der Waals surface area contributed by atoms with Crippen molar-refractivity contribution >= 4 is 21.2 Å². The van der Waals surface area contributed by atoms with Gasteiger partial charge in [-0.25, -0.2) is 8.42 Å². The van der Waals surface area contributed by atoms with Crippen LogP contribution in [0.2, 0.25) is 0 Å². The molecule has 180 valence electrons. The van der Waals surface area contributed by atoms with Crippen LogP contribution < -0.4 is 5.32 Å². The summed E-state index contributed by atoms with van der Waals surface area (Å²) in [7, 11) is -3.38. The maximum Gasteiger partial charge on any atom is 0.435 e. The number of furan rings is 1. The van der Waals surface area contributed by atoms with Crippen molar-refractivity contribution < 1.29 is 26.0 Å². The highest BCUT2D eigenvalue weighted by atomic mass is 32.2. The lowest BCUT2D eigenvalue weighted by Crippen LogP contribution is -2.24. The molecule has 0 saturated carbocycles. The monoisotopic (exact) mass is 509 g/mol. The zero-order valence-electron chi connectivity index (χ0n) is 18.3. The summed E-state index contributed by atoms with van der Waals surface area (Å²) < 4.78 is 70.8. The van der Waals surface area contributed by atoms with Crippen LogP contribution in [-0.2, 0) is 22.6 Å². The Hall–Kier alpha value is -2.89. The van der Waals surface area contributed by atoms with E-state index in [0.717, 1.165) is 23.0 Å². The van der Waals surface area contributed by atoms with E-state index in [4.69, 9.17) is 4.42 Å². The highest BCUT2D eigenvalue weighted by molar-refractivity contribution is 7.90. The molecule has 0 fully saturated rings. The van der Waals surface area contributed by atoms with Crippen LogP contribution in [0.25, 0.3) is 21.0 Å². The first kappa shape index (κ1) is 24.2. The van der Waals surface area contributed by atoms with E-state index in [1.165, 1.54) is 22.1 Å². The van der Waals surface area contributed by atoms with Crippen molar-refractivity contribution in [3.63, 3.8) is 0 Å². The molecule has 34 heavy (non-hydrogen) atoms. The van der Waals surface area contributed by atoms with Crippen molar-refractivity contribution in [1.82, 2.24) is 15.1 Å². The van der Waals surface area contributed by atoms with Crippen LogP contribution in [-0.4, -0.2) is 31.0 Å². The molecule has 6 nitrogen and oxygen atoms in total. The summed E-state index contributed by atoms with van der Waals surface area (Å²) in [5.41, 5.74) is 0.0546. The topological polar surface area (TPSA) is 77.1 Å². The van der Waals surface area contributed by atoms with Crippen molar-refractivity contribution in [2.75, 3.05) is 12.8 Å². The van der Waals surface area contributed by atoms with Crippen LogP contribution in [0.4, 0.5) is 13.2 Å². The number of nitrogens with one attached hydrogen (secondary N) is 1. The van der Waals surface area contributed by atoms with Gasteiger partial charge in [-0.2, -0.15) is 18.3 Å². The number of nitrogens with zero attached hydrogens (tertiary/aromatic N) is 2. The van der Waals surface area contributed by atoms with Gasteiger partial charge in [-0.3, -0.25) is 4.68 Å². The summed E-state index contributed by atoms with van der Waals surface area (Å²) in [6, 6.07) is 14.2. The van der Waals surface area contributed by atoms with Gasteiger partial charge >= 0.3 is 6.18 Å². The molecule has 0 aliphatic heterocycles. The van der Waals surface area contributed by atoms with Gasteiger partial charge in [-0.05, 0) is 55.0 Å². The molecule has 1 atom stereocenters. The van der Waals surface area contributed by atoms with Crippen molar-refractivity contribution in [2.45, 2.75) is 30.6 Å². The summed E-state index contributed by atoms with van der Waals surface area (Å²) in [6.07, 6.45) is -1.89. The summed E-state index contributed by atoms with van der Waals surface area (Å²) >= 11 is 1.28. The molecule has 0 bridgehead atoms. The zero-order valence-corrected chi connectivity index (χ0v) is 20.0. The van der Waals surface area contributed by atoms with E-state index in [-0.39, 0.29) is 10.9 Å². The Kier molecular flexibility index (Phi) is 6.70. The molecule has 0 amide bonds. The number of sulfone groups is 1. The minimum atomic E-state index is -4.58. The smallest absolute Gasteiger partial charge is 0.435 e. The highest BCUT2D eigenvalue weighted by Gasteiger charge is 2.36. The largest absolute Gasteiger partial charge is 0.468 e. The number of hydrogen-bond acceptors (Lipinski definition) is 6. The van der Waals surface area contributed by atoms with Crippen LogP contribution in [0.15, 0.2) is 70.2 Å². The standard InChI is InChI=1S/C23H22F3N3O3S2/c1-15(13-27-14-17-6-4-10-32-17)29-19(12-22(28-29)23(24,25)26)21-9-8-20(33-21)16-5-3-7-18(11-16)34(2,30)31/h3-12,15,27H,13-14H2,1-2H3. The number of rotatable bonds is 8. The number of aromatic nitrogens is 2. The first-order chi connectivity index (χ1) is 16.0. The van der Waals surface area contributed by atoms with Crippen LogP contribution in [0.1, 0.15) is 24.4 Å². The van der Waals surface area contributed by atoms with E-state index in [2.05, 4.69) is 10.4 Å². The molecule has 0 aliphatic carbocycles. The fraction of sp³-hybridized carbons (Fsp3) is 0.261. The van der Waals surface area contributed by atoms with Gasteiger partial charge in [0.05, 0.1) is 34.3 Å². The molecule has 0 aliphatic rings. The first-order valence-electron chi connectivity index (χ1n) is 10.3. The normalized spacial score (nSPS) is 13.3. The molecule has 4 aromatic rings. The number of alkyl halides is 3. The molecule has 0 spiro atoms. The summed E-state index contributed by atoms with van der Waals surface area (Å²) in [5, 5.41) is 7.03. The van der Waals surface area contributed by atoms with Gasteiger partial charge in [0, 0.05) is 17.7 Å². The lowest BCUT2D eigenvalue weighted by Gasteiger charge is -2.16. The second-order valence-corrected chi connectivity index (χ2v) is 11.0. The minimum absolute atomic E-state index is 0.181. The van der Waals surface area contributed by atoms with Crippen LogP contribution in [0.5, 0.6) is 0 Å². The van der Waals surface area contributed by atoms with Gasteiger partial charge < -0.3 is 9.73 Å². The average molecular weight is 510 g/mol. The quantitative estimate of drug-likeness (QED) is 0.332. The van der Waals surface area contributed by atoms with Crippen LogP contribution >= 0.6 is 11.3 Å². The molecule has 1 unspecified atom stereocenters. The Balaban J connectivity index is 1.63. The second-order valence-electron chi connectivity index (χ2n) is 7.88. The van der Waals surface area contributed by atoms with E-state index >= 15 is 0 Å². The molecule has 0 radical (unpaired) electrons. The molecule has 4 rings (SSSR count). The third-order valence-corrected chi connectivity index (χ3v) is 7.43. The molecular weight excluding hydrogens is 487 g/mol. The molecule has 3 aromatic heterocycles. The highest BCUT2D eigenvalue weighted by Crippen LogP contribution is 2.38. The van der Waals surface area contributed by atoms with Gasteiger partial charge in [0.1, 0.15) is 5.76 Å². The third-order valence-electron chi connectivity index (χ3n) is 5.17. The molecule has 11 heteroatoms. The Morgan fingerprint density at radius 3 is 2.56 bits per heavy atom. The number of halogens is 3. The first-order valence-corrected chi connectivity index (χ1v) is 13.0. The zero-order chi connectivity index (χ0) is 24.5. The van der Waals surface area contributed by atoms with Gasteiger partial charge in [-0.15, -0.1) is 11.3 Å².